The van der Waals surface area contributed by atoms with Gasteiger partial charge in [0.05, 0.1) is 6.61 Å². The summed E-state index contributed by atoms with van der Waals surface area (Å²) in [6, 6.07) is 14.7. The van der Waals surface area contributed by atoms with Crippen LogP contribution < -0.4 is 4.74 Å². The molecule has 0 aliphatic carbocycles. The molecule has 4 nitrogen and oxygen atoms in total. The number of hydrogen-bond acceptors (Lipinski definition) is 4. The van der Waals surface area contributed by atoms with E-state index in [1.54, 1.807) is 0 Å². The number of aliphatic hydroxyl groups excluding tert-OH is 1. The van der Waals surface area contributed by atoms with Gasteiger partial charge in [0.2, 0.25) is 0 Å². The first-order chi connectivity index (χ1) is 11.2. The summed E-state index contributed by atoms with van der Waals surface area (Å²) < 4.78 is 11.3. The lowest BCUT2D eigenvalue weighted by atomic mass is 10.1. The van der Waals surface area contributed by atoms with E-state index in [1.807, 2.05) is 30.3 Å². The topological polar surface area (TPSA) is 41.9 Å². The van der Waals surface area contributed by atoms with E-state index in [9.17, 15) is 5.11 Å². The third-order valence-electron chi connectivity index (χ3n) is 4.43. The molecule has 0 aromatic heterocycles. The van der Waals surface area contributed by atoms with Crippen LogP contribution in [0.2, 0.25) is 0 Å². The maximum Gasteiger partial charge on any atom is 0.120 e. The van der Waals surface area contributed by atoms with Crippen LogP contribution in [0, 0.1) is 0 Å². The van der Waals surface area contributed by atoms with Crippen molar-refractivity contribution in [2.24, 2.45) is 0 Å². The van der Waals surface area contributed by atoms with Gasteiger partial charge in [-0.15, -0.1) is 0 Å². The number of aliphatic hydroxyl groups is 1. The van der Waals surface area contributed by atoms with Gasteiger partial charge in [0.1, 0.15) is 18.5 Å². The van der Waals surface area contributed by atoms with Gasteiger partial charge in [-0.1, -0.05) is 30.3 Å². The van der Waals surface area contributed by atoms with Gasteiger partial charge >= 0.3 is 0 Å². The quantitative estimate of drug-likeness (QED) is 0.921. The standard InChI is InChI=1S/C19H25NO3/c1-15-8-10-22-11-9-20(15)13-18(21)14-23-19-7-6-16-4-2-3-5-17(16)12-19/h2-7,12,15,18,21H,8-11,13-14H2,1H3. The van der Waals surface area contributed by atoms with E-state index in [2.05, 4.69) is 24.0 Å². The second-order valence-corrected chi connectivity index (χ2v) is 6.22. The molecule has 2 aromatic rings. The van der Waals surface area contributed by atoms with Crippen LogP contribution in [0.25, 0.3) is 10.8 Å². The summed E-state index contributed by atoms with van der Waals surface area (Å²) >= 11 is 0. The van der Waals surface area contributed by atoms with Gasteiger partial charge in [0.15, 0.2) is 0 Å². The molecule has 124 valence electrons. The average molecular weight is 315 g/mol. The highest BCUT2D eigenvalue weighted by Crippen LogP contribution is 2.20. The third kappa shape index (κ3) is 4.44. The fraction of sp³-hybridized carbons (Fsp3) is 0.474. The molecular formula is C19H25NO3. The van der Waals surface area contributed by atoms with Crippen LogP contribution in [0.15, 0.2) is 42.5 Å². The molecule has 1 aliphatic heterocycles. The molecule has 4 heteroatoms. The zero-order valence-electron chi connectivity index (χ0n) is 13.6. The minimum absolute atomic E-state index is 0.308. The second kappa shape index (κ2) is 7.77. The largest absolute Gasteiger partial charge is 0.491 e. The average Bonchev–Trinajstić information content (AvgIpc) is 2.77. The Morgan fingerprint density at radius 2 is 2.04 bits per heavy atom. The van der Waals surface area contributed by atoms with Crippen LogP contribution in [0.1, 0.15) is 13.3 Å². The van der Waals surface area contributed by atoms with E-state index in [1.165, 1.54) is 5.39 Å². The summed E-state index contributed by atoms with van der Waals surface area (Å²) in [7, 11) is 0. The zero-order chi connectivity index (χ0) is 16.1. The SMILES string of the molecule is CC1CCOCCN1CC(O)COc1ccc2ccccc2c1. The van der Waals surface area contributed by atoms with Crippen LogP contribution in [-0.4, -0.2) is 55.1 Å². The number of fused-ring (bicyclic) bond motifs is 1. The van der Waals surface area contributed by atoms with Crippen molar-refractivity contribution in [1.82, 2.24) is 4.90 Å². The van der Waals surface area contributed by atoms with Gasteiger partial charge in [0.25, 0.3) is 0 Å². The summed E-state index contributed by atoms with van der Waals surface area (Å²) in [6.07, 6.45) is 0.514. The van der Waals surface area contributed by atoms with Crippen molar-refractivity contribution in [2.75, 3.05) is 32.9 Å². The number of β-amino-alcohol motifs (C(OH)–C–C–N with tert-alkyl or cyclic N) is 1. The van der Waals surface area contributed by atoms with Crippen LogP contribution in [0.5, 0.6) is 5.75 Å². The normalized spacial score (nSPS) is 21.0. The Balaban J connectivity index is 1.54. The Labute approximate surface area is 137 Å². The van der Waals surface area contributed by atoms with Crippen molar-refractivity contribution in [3.8, 4) is 5.75 Å². The molecule has 0 spiro atoms. The molecule has 3 rings (SSSR count). The fourth-order valence-corrected chi connectivity index (χ4v) is 2.98. The van der Waals surface area contributed by atoms with E-state index < -0.39 is 6.10 Å². The molecule has 2 unspecified atom stereocenters. The van der Waals surface area contributed by atoms with Crippen molar-refractivity contribution in [3.05, 3.63) is 42.5 Å². The number of rotatable bonds is 5. The Morgan fingerprint density at radius 1 is 1.22 bits per heavy atom. The fourth-order valence-electron chi connectivity index (χ4n) is 2.98. The lowest BCUT2D eigenvalue weighted by molar-refractivity contribution is 0.0544. The van der Waals surface area contributed by atoms with E-state index in [-0.39, 0.29) is 0 Å². The number of hydrogen-bond donors (Lipinski definition) is 1. The Kier molecular flexibility index (Phi) is 5.49. The smallest absolute Gasteiger partial charge is 0.120 e. The first-order valence-corrected chi connectivity index (χ1v) is 8.34. The minimum Gasteiger partial charge on any atom is -0.491 e. The lowest BCUT2D eigenvalue weighted by Gasteiger charge is -2.28. The molecule has 1 saturated heterocycles. The van der Waals surface area contributed by atoms with Gasteiger partial charge in [-0.05, 0) is 36.2 Å². The summed E-state index contributed by atoms with van der Waals surface area (Å²) in [6.45, 7) is 5.53. The first-order valence-electron chi connectivity index (χ1n) is 8.34. The summed E-state index contributed by atoms with van der Waals surface area (Å²) in [4.78, 5) is 2.28. The Bertz CT molecular complexity index is 631. The maximum absolute atomic E-state index is 10.3. The van der Waals surface area contributed by atoms with E-state index >= 15 is 0 Å². The molecule has 2 atom stereocenters. The Hall–Kier alpha value is -1.62. The summed E-state index contributed by atoms with van der Waals surface area (Å²) in [5.74, 6) is 0.801. The van der Waals surface area contributed by atoms with Gasteiger partial charge < -0.3 is 14.6 Å². The number of nitrogens with zero attached hydrogens (tertiary/aromatic N) is 1. The van der Waals surface area contributed by atoms with Gasteiger partial charge in [-0.3, -0.25) is 4.90 Å². The number of benzene rings is 2. The van der Waals surface area contributed by atoms with Gasteiger partial charge in [-0.25, -0.2) is 0 Å². The first kappa shape index (κ1) is 16.2. The van der Waals surface area contributed by atoms with Crippen LogP contribution in [0.4, 0.5) is 0 Å². The zero-order valence-corrected chi connectivity index (χ0v) is 13.6. The van der Waals surface area contributed by atoms with Crippen molar-refractivity contribution >= 4 is 10.8 Å². The molecule has 1 aliphatic rings. The molecule has 2 aromatic carbocycles. The molecule has 1 fully saturated rings. The molecule has 0 saturated carbocycles. The van der Waals surface area contributed by atoms with Crippen molar-refractivity contribution in [3.63, 3.8) is 0 Å². The van der Waals surface area contributed by atoms with Crippen LogP contribution in [-0.2, 0) is 4.74 Å². The van der Waals surface area contributed by atoms with Crippen LogP contribution in [0.3, 0.4) is 0 Å². The van der Waals surface area contributed by atoms with Crippen molar-refractivity contribution in [1.29, 1.82) is 0 Å². The predicted octanol–water partition coefficient (Wildman–Crippen LogP) is 2.69. The van der Waals surface area contributed by atoms with Crippen LogP contribution >= 0.6 is 0 Å². The van der Waals surface area contributed by atoms with E-state index in [0.29, 0.717) is 19.2 Å². The molecule has 23 heavy (non-hydrogen) atoms. The molecular weight excluding hydrogens is 290 g/mol. The summed E-state index contributed by atoms with van der Waals surface area (Å²) in [5.41, 5.74) is 0. The maximum atomic E-state index is 10.3. The van der Waals surface area contributed by atoms with Crippen molar-refractivity contribution in [2.45, 2.75) is 25.5 Å². The highest BCUT2D eigenvalue weighted by atomic mass is 16.5. The van der Waals surface area contributed by atoms with Gasteiger partial charge in [0, 0.05) is 25.7 Å². The number of ether oxygens (including phenoxy) is 2. The van der Waals surface area contributed by atoms with E-state index in [0.717, 1.165) is 37.3 Å². The monoisotopic (exact) mass is 315 g/mol. The highest BCUT2D eigenvalue weighted by molar-refractivity contribution is 5.83. The third-order valence-corrected chi connectivity index (χ3v) is 4.43. The lowest BCUT2D eigenvalue weighted by Crippen LogP contribution is -2.41. The molecule has 0 radical (unpaired) electrons. The second-order valence-electron chi connectivity index (χ2n) is 6.22. The Morgan fingerprint density at radius 3 is 2.91 bits per heavy atom. The van der Waals surface area contributed by atoms with E-state index in [4.69, 9.17) is 9.47 Å². The minimum atomic E-state index is -0.498. The highest BCUT2D eigenvalue weighted by Gasteiger charge is 2.20. The molecule has 1 heterocycles. The van der Waals surface area contributed by atoms with Crippen molar-refractivity contribution < 1.29 is 14.6 Å². The van der Waals surface area contributed by atoms with Gasteiger partial charge in [-0.2, -0.15) is 0 Å². The molecule has 1 N–H and O–H groups in total. The predicted molar refractivity (Wildman–Crippen MR) is 91.9 cm³/mol. The molecule has 0 amide bonds. The molecule has 0 bridgehead atoms. The summed E-state index contributed by atoms with van der Waals surface area (Å²) in [5, 5.41) is 12.6.